The van der Waals surface area contributed by atoms with Gasteiger partial charge in [-0.2, -0.15) is 0 Å². The number of aromatic nitrogens is 1. The molecule has 0 fully saturated rings. The summed E-state index contributed by atoms with van der Waals surface area (Å²) < 4.78 is 5.43. The minimum Gasteiger partial charge on any atom is -0.482 e. The highest BCUT2D eigenvalue weighted by atomic mass is 16.5. The first-order valence-electron chi connectivity index (χ1n) is 8.01. The van der Waals surface area contributed by atoms with Crippen LogP contribution in [0.1, 0.15) is 5.56 Å². The Labute approximate surface area is 144 Å². The molecule has 1 aliphatic rings. The third-order valence-corrected chi connectivity index (χ3v) is 4.20. The van der Waals surface area contributed by atoms with Crippen LogP contribution < -0.4 is 15.0 Å². The summed E-state index contributed by atoms with van der Waals surface area (Å²) in [6, 6.07) is 13.2. The lowest BCUT2D eigenvalue weighted by atomic mass is 10.1. The number of rotatable bonds is 3. The van der Waals surface area contributed by atoms with Crippen molar-refractivity contribution in [2.24, 2.45) is 0 Å². The summed E-state index contributed by atoms with van der Waals surface area (Å²) in [7, 11) is 0. The number of carbonyl (C=O) groups is 2. The van der Waals surface area contributed by atoms with Gasteiger partial charge < -0.3 is 15.0 Å². The van der Waals surface area contributed by atoms with E-state index in [0.717, 1.165) is 16.5 Å². The van der Waals surface area contributed by atoms with Crippen LogP contribution >= 0.6 is 0 Å². The Kier molecular flexibility index (Phi) is 3.65. The van der Waals surface area contributed by atoms with Crippen LogP contribution in [0.15, 0.2) is 48.7 Å². The lowest BCUT2D eigenvalue weighted by Gasteiger charge is -2.29. The molecule has 1 aromatic heterocycles. The lowest BCUT2D eigenvalue weighted by molar-refractivity contribution is -0.123. The average Bonchev–Trinajstić information content (AvgIpc) is 3.05. The van der Waals surface area contributed by atoms with Gasteiger partial charge in [-0.1, -0.05) is 12.1 Å². The molecule has 2 aromatic carbocycles. The Morgan fingerprint density at radius 1 is 1.24 bits per heavy atom. The molecule has 3 aromatic rings. The van der Waals surface area contributed by atoms with Crippen molar-refractivity contribution in [1.29, 1.82) is 0 Å². The van der Waals surface area contributed by atoms with Crippen molar-refractivity contribution in [2.45, 2.75) is 6.92 Å². The summed E-state index contributed by atoms with van der Waals surface area (Å²) in [5, 5.41) is 3.92. The van der Waals surface area contributed by atoms with Crippen LogP contribution in [0.2, 0.25) is 0 Å². The maximum absolute atomic E-state index is 12.4. The first kappa shape index (κ1) is 15.3. The van der Waals surface area contributed by atoms with Gasteiger partial charge in [0, 0.05) is 17.4 Å². The third kappa shape index (κ3) is 2.94. The molecule has 126 valence electrons. The molecular weight excluding hydrogens is 318 g/mol. The number of nitrogens with zero attached hydrogens (tertiary/aromatic N) is 1. The van der Waals surface area contributed by atoms with E-state index >= 15 is 0 Å². The number of fused-ring (bicyclic) bond motifs is 2. The van der Waals surface area contributed by atoms with Gasteiger partial charge >= 0.3 is 0 Å². The maximum atomic E-state index is 12.4. The van der Waals surface area contributed by atoms with Gasteiger partial charge in [0.05, 0.1) is 5.69 Å². The lowest BCUT2D eigenvalue weighted by Crippen LogP contribution is -2.43. The van der Waals surface area contributed by atoms with Crippen molar-refractivity contribution >= 4 is 34.1 Å². The van der Waals surface area contributed by atoms with Gasteiger partial charge in [-0.3, -0.25) is 14.5 Å². The molecule has 2 heterocycles. The normalized spacial score (nSPS) is 13.5. The van der Waals surface area contributed by atoms with Crippen LogP contribution in [-0.2, 0) is 9.59 Å². The van der Waals surface area contributed by atoms with Gasteiger partial charge in [0.15, 0.2) is 6.61 Å². The highest BCUT2D eigenvalue weighted by Gasteiger charge is 2.27. The molecule has 0 aliphatic carbocycles. The SMILES string of the molecule is Cc1ccc2c(c1)N(CC(=O)Nc1ccc3cc[nH]c3c1)C(=O)CO2. The maximum Gasteiger partial charge on any atom is 0.265 e. The molecule has 2 amide bonds. The van der Waals surface area contributed by atoms with Crippen molar-refractivity contribution in [2.75, 3.05) is 23.4 Å². The Hall–Kier alpha value is -3.28. The summed E-state index contributed by atoms with van der Waals surface area (Å²) >= 11 is 0. The van der Waals surface area contributed by atoms with E-state index in [2.05, 4.69) is 10.3 Å². The van der Waals surface area contributed by atoms with Crippen molar-refractivity contribution in [1.82, 2.24) is 4.98 Å². The van der Waals surface area contributed by atoms with Crippen molar-refractivity contribution in [3.05, 3.63) is 54.2 Å². The van der Waals surface area contributed by atoms with Crippen molar-refractivity contribution < 1.29 is 14.3 Å². The number of amides is 2. The Morgan fingerprint density at radius 3 is 3.00 bits per heavy atom. The molecule has 0 atom stereocenters. The van der Waals surface area contributed by atoms with Gasteiger partial charge in [0.25, 0.3) is 5.91 Å². The fraction of sp³-hybridized carbons (Fsp3) is 0.158. The fourth-order valence-corrected chi connectivity index (χ4v) is 2.96. The summed E-state index contributed by atoms with van der Waals surface area (Å²) in [5.74, 6) is 0.132. The van der Waals surface area contributed by atoms with E-state index in [4.69, 9.17) is 4.74 Å². The van der Waals surface area contributed by atoms with E-state index in [0.29, 0.717) is 17.1 Å². The van der Waals surface area contributed by atoms with E-state index in [1.165, 1.54) is 4.90 Å². The standard InChI is InChI=1S/C19H17N3O3/c1-12-2-5-17-16(8-12)22(19(24)11-25-17)10-18(23)21-14-4-3-13-6-7-20-15(13)9-14/h2-9,20H,10-11H2,1H3,(H,21,23). The second-order valence-corrected chi connectivity index (χ2v) is 6.07. The third-order valence-electron chi connectivity index (χ3n) is 4.20. The first-order valence-corrected chi connectivity index (χ1v) is 8.01. The smallest absolute Gasteiger partial charge is 0.265 e. The molecule has 4 rings (SSSR count). The predicted octanol–water partition coefficient (Wildman–Crippen LogP) is 2.84. The minimum absolute atomic E-state index is 0.0542. The number of benzene rings is 2. The second-order valence-electron chi connectivity index (χ2n) is 6.07. The Bertz CT molecular complexity index is 977. The molecule has 25 heavy (non-hydrogen) atoms. The van der Waals surface area contributed by atoms with Crippen LogP contribution in [-0.4, -0.2) is 29.9 Å². The number of H-pyrrole nitrogens is 1. The summed E-state index contributed by atoms with van der Waals surface area (Å²) in [4.78, 5) is 29.2. The Balaban J connectivity index is 1.54. The van der Waals surface area contributed by atoms with Crippen molar-refractivity contribution in [3.63, 3.8) is 0 Å². The second kappa shape index (κ2) is 5.98. The zero-order valence-corrected chi connectivity index (χ0v) is 13.7. The molecule has 0 bridgehead atoms. The van der Waals surface area contributed by atoms with Gasteiger partial charge in [-0.25, -0.2) is 0 Å². The van der Waals surface area contributed by atoms with Gasteiger partial charge in [-0.05, 0) is 48.2 Å². The molecule has 0 saturated carbocycles. The van der Waals surface area contributed by atoms with Gasteiger partial charge in [0.1, 0.15) is 12.3 Å². The Morgan fingerprint density at radius 2 is 2.12 bits per heavy atom. The number of aromatic amines is 1. The number of hydrogen-bond acceptors (Lipinski definition) is 3. The highest BCUT2D eigenvalue weighted by molar-refractivity contribution is 6.05. The van der Waals surface area contributed by atoms with Crippen LogP contribution in [0.5, 0.6) is 5.75 Å². The van der Waals surface area contributed by atoms with Crippen molar-refractivity contribution in [3.8, 4) is 5.75 Å². The van der Waals surface area contributed by atoms with E-state index < -0.39 is 0 Å². The van der Waals surface area contributed by atoms with E-state index in [-0.39, 0.29) is 25.0 Å². The van der Waals surface area contributed by atoms with Crippen LogP contribution in [0.4, 0.5) is 11.4 Å². The average molecular weight is 335 g/mol. The summed E-state index contributed by atoms with van der Waals surface area (Å²) in [5.41, 5.74) is 3.26. The summed E-state index contributed by atoms with van der Waals surface area (Å²) in [6.07, 6.45) is 1.85. The largest absolute Gasteiger partial charge is 0.482 e. The highest BCUT2D eigenvalue weighted by Crippen LogP contribution is 2.32. The topological polar surface area (TPSA) is 74.4 Å². The van der Waals surface area contributed by atoms with E-state index in [1.54, 1.807) is 0 Å². The number of ether oxygens (including phenoxy) is 1. The fourth-order valence-electron chi connectivity index (χ4n) is 2.96. The monoisotopic (exact) mass is 335 g/mol. The molecule has 0 radical (unpaired) electrons. The number of nitrogens with one attached hydrogen (secondary N) is 2. The predicted molar refractivity (Wildman–Crippen MR) is 96.0 cm³/mol. The van der Waals surface area contributed by atoms with Crippen LogP contribution in [0.25, 0.3) is 10.9 Å². The van der Waals surface area contributed by atoms with Crippen LogP contribution in [0, 0.1) is 6.92 Å². The van der Waals surface area contributed by atoms with Gasteiger partial charge in [-0.15, -0.1) is 0 Å². The van der Waals surface area contributed by atoms with Crippen LogP contribution in [0.3, 0.4) is 0 Å². The van der Waals surface area contributed by atoms with Gasteiger partial charge in [0.2, 0.25) is 5.91 Å². The zero-order chi connectivity index (χ0) is 17.4. The molecular formula is C19H17N3O3. The molecule has 1 aliphatic heterocycles. The molecule has 0 saturated heterocycles. The number of carbonyl (C=O) groups excluding carboxylic acids is 2. The number of aryl methyl sites for hydroxylation is 1. The quantitative estimate of drug-likeness (QED) is 0.773. The summed E-state index contributed by atoms with van der Waals surface area (Å²) in [6.45, 7) is 1.82. The molecule has 0 spiro atoms. The molecule has 0 unspecified atom stereocenters. The molecule has 2 N–H and O–H groups in total. The molecule has 6 heteroatoms. The van der Waals surface area contributed by atoms with E-state index in [1.807, 2.05) is 55.6 Å². The van der Waals surface area contributed by atoms with E-state index in [9.17, 15) is 9.59 Å². The number of hydrogen-bond donors (Lipinski definition) is 2. The zero-order valence-electron chi connectivity index (χ0n) is 13.7. The number of anilines is 2. The first-order chi connectivity index (χ1) is 12.1. The molecule has 6 nitrogen and oxygen atoms in total. The minimum atomic E-state index is -0.256.